The van der Waals surface area contributed by atoms with Crippen LogP contribution in [0.5, 0.6) is 11.8 Å². The number of ether oxygens (including phenoxy) is 1. The second-order valence-electron chi connectivity index (χ2n) is 4.68. The van der Waals surface area contributed by atoms with Crippen molar-refractivity contribution in [2.75, 3.05) is 30.9 Å². The Balaban J connectivity index is 2.33. The largest absolute Gasteiger partial charge is 0.424 e. The molecule has 0 fully saturated rings. The first-order valence-corrected chi connectivity index (χ1v) is 6.98. The second-order valence-corrected chi connectivity index (χ2v) is 5.11. The fourth-order valence-electron chi connectivity index (χ4n) is 1.65. The average Bonchev–Trinajstić information content (AvgIpc) is 2.42. The van der Waals surface area contributed by atoms with Crippen molar-refractivity contribution in [1.29, 1.82) is 0 Å². The maximum absolute atomic E-state index is 5.94. The van der Waals surface area contributed by atoms with Crippen molar-refractivity contribution in [3.05, 3.63) is 28.8 Å². The summed E-state index contributed by atoms with van der Waals surface area (Å²) in [6, 6.07) is 5.64. The molecule has 0 aliphatic rings. The molecule has 0 unspecified atom stereocenters. The fraction of sp³-hybridized carbons (Fsp3) is 0.357. The van der Waals surface area contributed by atoms with Crippen molar-refractivity contribution in [2.24, 2.45) is 0 Å². The van der Waals surface area contributed by atoms with Crippen LogP contribution in [0.2, 0.25) is 5.02 Å². The number of nitrogens with one attached hydrogen (secondary N) is 1. The molecule has 2 aromatic rings. The highest BCUT2D eigenvalue weighted by atomic mass is 35.5. The van der Waals surface area contributed by atoms with Gasteiger partial charge in [0.2, 0.25) is 11.9 Å². The summed E-state index contributed by atoms with van der Waals surface area (Å²) in [5.74, 6) is 1.68. The van der Waals surface area contributed by atoms with E-state index in [4.69, 9.17) is 16.3 Å². The molecule has 7 heteroatoms. The summed E-state index contributed by atoms with van der Waals surface area (Å²) in [4.78, 5) is 14.6. The molecule has 1 aromatic carbocycles. The number of hydrogen-bond donors (Lipinski definition) is 1. The van der Waals surface area contributed by atoms with Gasteiger partial charge in [-0.1, -0.05) is 11.6 Å². The molecule has 1 heterocycles. The van der Waals surface area contributed by atoms with Gasteiger partial charge < -0.3 is 15.0 Å². The van der Waals surface area contributed by atoms with E-state index in [1.165, 1.54) is 0 Å². The summed E-state index contributed by atoms with van der Waals surface area (Å²) < 4.78 is 5.75. The summed E-state index contributed by atoms with van der Waals surface area (Å²) in [6.45, 7) is 4.61. The minimum absolute atomic E-state index is 0.245. The number of benzene rings is 1. The lowest BCUT2D eigenvalue weighted by molar-refractivity contribution is 0.437. The molecule has 6 nitrogen and oxygen atoms in total. The Morgan fingerprint density at radius 2 is 2.00 bits per heavy atom. The van der Waals surface area contributed by atoms with Crippen LogP contribution < -0.4 is 15.0 Å². The molecule has 0 radical (unpaired) electrons. The molecule has 0 bridgehead atoms. The van der Waals surface area contributed by atoms with Gasteiger partial charge in [-0.15, -0.1) is 0 Å². The minimum atomic E-state index is 0.245. The Morgan fingerprint density at radius 1 is 1.24 bits per heavy atom. The third-order valence-electron chi connectivity index (χ3n) is 2.68. The first kappa shape index (κ1) is 15.3. The van der Waals surface area contributed by atoms with Crippen LogP contribution in [-0.2, 0) is 0 Å². The first-order chi connectivity index (χ1) is 9.99. The number of nitrogens with zero attached hydrogens (tertiary/aromatic N) is 4. The topological polar surface area (TPSA) is 63.2 Å². The van der Waals surface area contributed by atoms with Crippen molar-refractivity contribution in [1.82, 2.24) is 15.0 Å². The van der Waals surface area contributed by atoms with E-state index in [0.29, 0.717) is 22.7 Å². The minimum Gasteiger partial charge on any atom is -0.424 e. The summed E-state index contributed by atoms with van der Waals surface area (Å²) >= 11 is 5.94. The van der Waals surface area contributed by atoms with Gasteiger partial charge in [-0.2, -0.15) is 15.0 Å². The molecule has 1 aromatic heterocycles. The number of anilines is 2. The zero-order valence-corrected chi connectivity index (χ0v) is 13.3. The highest BCUT2D eigenvalue weighted by molar-refractivity contribution is 6.30. The number of halogens is 1. The fourth-order valence-corrected chi connectivity index (χ4v) is 1.88. The van der Waals surface area contributed by atoms with E-state index in [0.717, 1.165) is 12.1 Å². The van der Waals surface area contributed by atoms with E-state index in [-0.39, 0.29) is 6.01 Å². The molecule has 0 aliphatic carbocycles. The van der Waals surface area contributed by atoms with E-state index < -0.39 is 0 Å². The van der Waals surface area contributed by atoms with Gasteiger partial charge in [-0.05, 0) is 37.6 Å². The molecule has 21 heavy (non-hydrogen) atoms. The maximum atomic E-state index is 5.94. The van der Waals surface area contributed by atoms with Crippen LogP contribution in [0, 0.1) is 6.92 Å². The standard InChI is InChI=1S/C14H18ClN5O/c1-5-16-12-17-13(20(3)4)19-14(18-12)21-11-7-6-10(15)8-9(11)2/h6-8H,5H2,1-4H3,(H,16,17,18,19). The predicted octanol–water partition coefficient (Wildman–Crippen LogP) is 3.12. The zero-order chi connectivity index (χ0) is 15.4. The predicted molar refractivity (Wildman–Crippen MR) is 84.6 cm³/mol. The van der Waals surface area contributed by atoms with Gasteiger partial charge in [0.25, 0.3) is 0 Å². The van der Waals surface area contributed by atoms with E-state index in [2.05, 4.69) is 20.3 Å². The number of rotatable bonds is 5. The molecule has 0 saturated heterocycles. The number of aryl methyl sites for hydroxylation is 1. The van der Waals surface area contributed by atoms with Crippen LogP contribution in [0.15, 0.2) is 18.2 Å². The van der Waals surface area contributed by atoms with Gasteiger partial charge >= 0.3 is 6.01 Å². The Bertz CT molecular complexity index is 633. The van der Waals surface area contributed by atoms with Crippen LogP contribution in [-0.4, -0.2) is 35.6 Å². The molecular formula is C14H18ClN5O. The van der Waals surface area contributed by atoms with Gasteiger partial charge in [0.05, 0.1) is 0 Å². The second kappa shape index (κ2) is 6.58. The molecule has 0 aliphatic heterocycles. The van der Waals surface area contributed by atoms with Crippen LogP contribution in [0.25, 0.3) is 0 Å². The van der Waals surface area contributed by atoms with Crippen LogP contribution >= 0.6 is 11.6 Å². The van der Waals surface area contributed by atoms with Gasteiger partial charge in [0, 0.05) is 25.7 Å². The van der Waals surface area contributed by atoms with Gasteiger partial charge in [-0.25, -0.2) is 0 Å². The van der Waals surface area contributed by atoms with Crippen molar-refractivity contribution in [3.63, 3.8) is 0 Å². The Kier molecular flexibility index (Phi) is 4.80. The third kappa shape index (κ3) is 3.95. The maximum Gasteiger partial charge on any atom is 0.328 e. The van der Waals surface area contributed by atoms with Crippen LogP contribution in [0.3, 0.4) is 0 Å². The quantitative estimate of drug-likeness (QED) is 0.915. The van der Waals surface area contributed by atoms with Gasteiger partial charge in [0.15, 0.2) is 0 Å². The summed E-state index contributed by atoms with van der Waals surface area (Å²) in [6.07, 6.45) is 0. The molecule has 1 N–H and O–H groups in total. The summed E-state index contributed by atoms with van der Waals surface area (Å²) in [7, 11) is 3.73. The molecule has 0 amide bonds. The number of hydrogen-bond acceptors (Lipinski definition) is 6. The Morgan fingerprint density at radius 3 is 2.62 bits per heavy atom. The van der Waals surface area contributed by atoms with E-state index in [1.807, 2.05) is 34.0 Å². The van der Waals surface area contributed by atoms with E-state index >= 15 is 0 Å². The highest BCUT2D eigenvalue weighted by Gasteiger charge is 2.11. The van der Waals surface area contributed by atoms with Crippen LogP contribution in [0.4, 0.5) is 11.9 Å². The van der Waals surface area contributed by atoms with Gasteiger partial charge in [-0.3, -0.25) is 0 Å². The first-order valence-electron chi connectivity index (χ1n) is 6.61. The number of aromatic nitrogens is 3. The Hall–Kier alpha value is -2.08. The zero-order valence-electron chi connectivity index (χ0n) is 12.5. The Labute approximate surface area is 129 Å². The molecule has 0 atom stereocenters. The normalized spacial score (nSPS) is 10.3. The monoisotopic (exact) mass is 307 g/mol. The molecule has 0 saturated carbocycles. The van der Waals surface area contributed by atoms with E-state index in [1.54, 1.807) is 17.0 Å². The highest BCUT2D eigenvalue weighted by Crippen LogP contribution is 2.26. The molecule has 112 valence electrons. The lowest BCUT2D eigenvalue weighted by atomic mass is 10.2. The molecular weight excluding hydrogens is 290 g/mol. The van der Waals surface area contributed by atoms with Gasteiger partial charge in [0.1, 0.15) is 5.75 Å². The summed E-state index contributed by atoms with van der Waals surface area (Å²) in [5.41, 5.74) is 0.916. The van der Waals surface area contributed by atoms with E-state index in [9.17, 15) is 0 Å². The molecule has 2 rings (SSSR count). The van der Waals surface area contributed by atoms with Crippen LogP contribution in [0.1, 0.15) is 12.5 Å². The average molecular weight is 308 g/mol. The van der Waals surface area contributed by atoms with Crippen molar-refractivity contribution >= 4 is 23.5 Å². The van der Waals surface area contributed by atoms with Crippen molar-refractivity contribution in [3.8, 4) is 11.8 Å². The lowest BCUT2D eigenvalue weighted by Crippen LogP contribution is -2.15. The summed E-state index contributed by atoms with van der Waals surface area (Å²) in [5, 5.41) is 3.73. The third-order valence-corrected chi connectivity index (χ3v) is 2.91. The molecule has 0 spiro atoms. The van der Waals surface area contributed by atoms with Crippen molar-refractivity contribution < 1.29 is 4.74 Å². The lowest BCUT2D eigenvalue weighted by Gasteiger charge is -2.13. The smallest absolute Gasteiger partial charge is 0.328 e. The SMILES string of the molecule is CCNc1nc(Oc2ccc(Cl)cc2C)nc(N(C)C)n1. The van der Waals surface area contributed by atoms with Crippen molar-refractivity contribution in [2.45, 2.75) is 13.8 Å².